The van der Waals surface area contributed by atoms with Crippen molar-refractivity contribution < 1.29 is 38.1 Å². The van der Waals surface area contributed by atoms with E-state index in [1.54, 1.807) is 72.3 Å². The van der Waals surface area contributed by atoms with Gasteiger partial charge in [-0.3, -0.25) is 0 Å². The summed E-state index contributed by atoms with van der Waals surface area (Å²) in [6.45, 7) is 0. The third-order valence-corrected chi connectivity index (χ3v) is 10.3. The highest BCUT2D eigenvalue weighted by atomic mass is 16.5. The van der Waals surface area contributed by atoms with Crippen molar-refractivity contribution >= 4 is 70.1 Å². The summed E-state index contributed by atoms with van der Waals surface area (Å²) in [6.07, 6.45) is 11.7. The Morgan fingerprint density at radius 2 is 0.547 bits per heavy atom. The van der Waals surface area contributed by atoms with Crippen LogP contribution in [0.3, 0.4) is 0 Å². The number of aromatic amines is 2. The zero-order chi connectivity index (χ0) is 43.8. The fourth-order valence-corrected chi connectivity index (χ4v) is 7.59. The lowest BCUT2D eigenvalue weighted by molar-refractivity contribution is 0.476. The zero-order valence-electron chi connectivity index (χ0n) is 33.3. The van der Waals surface area contributed by atoms with Gasteiger partial charge < -0.3 is 28.9 Å². The lowest BCUT2D eigenvalue weighted by atomic mass is 10.0. The van der Waals surface area contributed by atoms with Gasteiger partial charge >= 0.3 is 0 Å². The third-order valence-electron chi connectivity index (χ3n) is 10.3. The van der Waals surface area contributed by atoms with Gasteiger partial charge in [-0.2, -0.15) is 0 Å². The van der Waals surface area contributed by atoms with Gasteiger partial charge in [-0.05, 0) is 119 Å². The lowest BCUT2D eigenvalue weighted by Gasteiger charge is -2.08. The molecule has 12 heteroatoms. The van der Waals surface area contributed by atoms with Crippen LogP contribution in [0.2, 0.25) is 0 Å². The van der Waals surface area contributed by atoms with E-state index < -0.39 is 0 Å². The maximum Gasteiger partial charge on any atom is 0.174 e. The number of ether oxygens (including phenoxy) is 4. The quantitative estimate of drug-likeness (QED) is 0.0894. The summed E-state index contributed by atoms with van der Waals surface area (Å²) in [5, 5.41) is 0. The molecular formula is C52H30N4O8. The van der Waals surface area contributed by atoms with E-state index in [0.29, 0.717) is 45.8 Å². The van der Waals surface area contributed by atoms with Crippen molar-refractivity contribution in [2.24, 2.45) is 0 Å². The van der Waals surface area contributed by atoms with E-state index >= 15 is 0 Å². The Morgan fingerprint density at radius 3 is 0.750 bits per heavy atom. The molecule has 0 unspecified atom stereocenters. The minimum Gasteiger partial charge on any atom is -0.453 e. The maximum atomic E-state index is 10.9. The molecule has 2 aliphatic rings. The van der Waals surface area contributed by atoms with Crippen molar-refractivity contribution in [3.8, 4) is 67.5 Å². The van der Waals surface area contributed by atoms with Gasteiger partial charge in [0.1, 0.15) is 23.0 Å². The van der Waals surface area contributed by atoms with Crippen LogP contribution < -0.4 is 18.9 Å². The summed E-state index contributed by atoms with van der Waals surface area (Å²) in [4.78, 5) is 61.5. The van der Waals surface area contributed by atoms with E-state index in [0.717, 1.165) is 91.6 Å². The van der Waals surface area contributed by atoms with E-state index in [-0.39, 0.29) is 0 Å². The second kappa shape index (κ2) is 18.0. The van der Waals surface area contributed by atoms with Gasteiger partial charge in [0.25, 0.3) is 0 Å². The van der Waals surface area contributed by atoms with Crippen LogP contribution in [0.1, 0.15) is 22.8 Å². The Balaban J connectivity index is 1.38. The third kappa shape index (κ3) is 8.17. The number of rotatable bonds is 12. The molecule has 9 rings (SSSR count). The van der Waals surface area contributed by atoms with Crippen LogP contribution in [-0.2, 0) is 19.2 Å². The van der Waals surface area contributed by atoms with Crippen LogP contribution in [0.4, 0.5) is 0 Å². The van der Waals surface area contributed by atoms with Crippen LogP contribution in [0.5, 0.6) is 23.0 Å². The maximum absolute atomic E-state index is 10.9. The van der Waals surface area contributed by atoms with Gasteiger partial charge in [0.15, 0.2) is 48.8 Å². The smallest absolute Gasteiger partial charge is 0.174 e. The average molecular weight is 839 g/mol. The second-order valence-electron chi connectivity index (χ2n) is 14.0. The number of benzene rings is 4. The first kappa shape index (κ1) is 39.9. The van der Waals surface area contributed by atoms with Crippen LogP contribution >= 0.6 is 0 Å². The highest BCUT2D eigenvalue weighted by Crippen LogP contribution is 2.39. The Hall–Kier alpha value is -9.52. The first-order chi connectivity index (χ1) is 31.5. The van der Waals surface area contributed by atoms with Gasteiger partial charge in [-0.15, -0.1) is 0 Å². The summed E-state index contributed by atoms with van der Waals surface area (Å²) in [6, 6.07) is 37.2. The first-order valence-electron chi connectivity index (χ1n) is 19.6. The predicted molar refractivity (Wildman–Crippen MR) is 244 cm³/mol. The number of fused-ring (bicyclic) bond motifs is 8. The highest BCUT2D eigenvalue weighted by Gasteiger charge is 2.19. The van der Waals surface area contributed by atoms with Crippen molar-refractivity contribution in [3.05, 3.63) is 169 Å². The average Bonchev–Trinajstić information content (AvgIpc) is 4.19. The molecule has 0 amide bonds. The predicted octanol–water partition coefficient (Wildman–Crippen LogP) is 10.2. The van der Waals surface area contributed by atoms with Crippen molar-refractivity contribution in [1.82, 2.24) is 19.9 Å². The molecule has 0 saturated heterocycles. The summed E-state index contributed by atoms with van der Waals surface area (Å²) in [5.74, 6) is 8.37. The van der Waals surface area contributed by atoms with E-state index in [9.17, 15) is 19.2 Å². The highest BCUT2D eigenvalue weighted by molar-refractivity contribution is 6.00. The molecule has 0 spiro atoms. The largest absolute Gasteiger partial charge is 0.453 e. The van der Waals surface area contributed by atoms with Crippen molar-refractivity contribution in [2.45, 2.75) is 0 Å². The van der Waals surface area contributed by atoms with Gasteiger partial charge in [0, 0.05) is 44.3 Å². The topological polar surface area (TPSA) is 163 Å². The van der Waals surface area contributed by atoms with Crippen molar-refractivity contribution in [3.63, 3.8) is 0 Å². The number of hydrogen-bond donors (Lipinski definition) is 2. The van der Waals surface area contributed by atoms with Crippen LogP contribution in [0, 0.1) is 0 Å². The molecule has 2 N–H and O–H groups in total. The van der Waals surface area contributed by atoms with Crippen molar-refractivity contribution in [2.75, 3.05) is 0 Å². The molecule has 0 aliphatic carbocycles. The molecule has 4 aromatic carbocycles. The number of nitrogens with zero attached hydrogens (tertiary/aromatic N) is 2. The summed E-state index contributed by atoms with van der Waals surface area (Å²) in [5.41, 5.74) is 12.0. The number of aromatic nitrogens is 4. The number of H-pyrrole nitrogens is 2. The van der Waals surface area contributed by atoms with Gasteiger partial charge in [-0.1, -0.05) is 48.5 Å². The molecule has 2 aliphatic heterocycles. The standard InChI is InChI=1S/C52H30N4O8/c57-25-29-61-37-9-1-33(2-10-37)49-41-17-19-43(53-41)50(34-3-11-38(12-4-34)62-30-26-58)45-21-23-47(55-45)52(36-7-15-40(16-8-36)64-32-28-60)48-24-22-46(56-48)51(44-20-18-42(49)54-44)35-5-13-39(14-6-35)63-31-27-59/h1-24,29-32,53,56H. The molecule has 3 aromatic heterocycles. The molecule has 8 bridgehead atoms. The van der Waals surface area contributed by atoms with Crippen LogP contribution in [0.25, 0.3) is 90.9 Å². The molecule has 5 heterocycles. The molecule has 0 saturated carbocycles. The molecule has 0 fully saturated rings. The van der Waals surface area contributed by atoms with Crippen molar-refractivity contribution in [1.29, 1.82) is 0 Å². The second-order valence-corrected chi connectivity index (χ2v) is 14.0. The van der Waals surface area contributed by atoms with E-state index in [1.807, 2.05) is 97.1 Å². The molecule has 0 atom stereocenters. The number of hydrogen-bond acceptors (Lipinski definition) is 10. The van der Waals surface area contributed by atoms with Gasteiger partial charge in [0.05, 0.1) is 22.8 Å². The lowest BCUT2D eigenvalue weighted by Crippen LogP contribution is -1.90. The van der Waals surface area contributed by atoms with Crippen LogP contribution in [0.15, 0.2) is 146 Å². The number of carbonyl (C=O) groups excluding carboxylic acids is 4. The molecule has 0 radical (unpaired) electrons. The SMILES string of the molecule is O=C=COc1ccc(-c2c3nc(c(-c4ccc(OC=C=O)cc4)c4ccc([nH]4)c(-c4ccc(OC=C=O)cc4)c4nc(c(-c5ccc(OC=C=O)cc5)c5ccc2[nH]5)C=C4)C=C3)cc1. The minimum atomic E-state index is 0.457. The Bertz CT molecular complexity index is 2930. The monoisotopic (exact) mass is 838 g/mol. The Kier molecular flexibility index (Phi) is 11.2. The van der Waals surface area contributed by atoms with Gasteiger partial charge in [-0.25, -0.2) is 29.1 Å². The summed E-state index contributed by atoms with van der Waals surface area (Å²) >= 11 is 0. The molecule has 7 aromatic rings. The molecule has 12 nitrogen and oxygen atoms in total. The zero-order valence-corrected chi connectivity index (χ0v) is 33.3. The van der Waals surface area contributed by atoms with Crippen LogP contribution in [-0.4, -0.2) is 43.7 Å². The minimum absolute atomic E-state index is 0.457. The molecule has 306 valence electrons. The summed E-state index contributed by atoms with van der Waals surface area (Å²) in [7, 11) is 0. The molecule has 64 heavy (non-hydrogen) atoms. The Morgan fingerprint density at radius 1 is 0.328 bits per heavy atom. The first-order valence-corrected chi connectivity index (χ1v) is 19.6. The fraction of sp³-hybridized carbons (Fsp3) is 0. The van der Waals surface area contributed by atoms with E-state index in [1.165, 1.54) is 0 Å². The van der Waals surface area contributed by atoms with E-state index in [4.69, 9.17) is 28.9 Å². The fourth-order valence-electron chi connectivity index (χ4n) is 7.59. The molecular weight excluding hydrogens is 809 g/mol. The van der Waals surface area contributed by atoms with Gasteiger partial charge in [0.2, 0.25) is 0 Å². The normalized spacial score (nSPS) is 11.0. The summed E-state index contributed by atoms with van der Waals surface area (Å²) < 4.78 is 21.6. The number of nitrogens with one attached hydrogen (secondary N) is 2. The van der Waals surface area contributed by atoms with E-state index in [2.05, 4.69) is 9.97 Å². The Labute approximate surface area is 363 Å².